The Morgan fingerprint density at radius 3 is 0.938 bits per heavy atom. The first-order chi connectivity index (χ1) is 15.7. The molecular weight excluding hydrogens is 564 g/mol. The zero-order chi connectivity index (χ0) is 22.8. The summed E-state index contributed by atoms with van der Waals surface area (Å²) in [5.41, 5.74) is 3.86. The van der Waals surface area contributed by atoms with Crippen LogP contribution in [0.15, 0.2) is 0 Å². The van der Waals surface area contributed by atoms with Crippen LogP contribution in [0.4, 0.5) is 0 Å². The third-order valence-corrected chi connectivity index (χ3v) is 19.0. The molecule has 4 rings (SSSR count). The van der Waals surface area contributed by atoms with E-state index in [0.717, 1.165) is 29.1 Å². The third-order valence-electron chi connectivity index (χ3n) is 8.98. The molecule has 5 heteroatoms. The van der Waals surface area contributed by atoms with Crippen molar-refractivity contribution in [3.8, 4) is 0 Å². The van der Waals surface area contributed by atoms with Crippen molar-refractivity contribution in [2.24, 2.45) is 0 Å². The van der Waals surface area contributed by atoms with Crippen LogP contribution in [0.1, 0.15) is 135 Å². The van der Waals surface area contributed by atoms with Crippen molar-refractivity contribution in [2.75, 3.05) is 0 Å². The summed E-state index contributed by atoms with van der Waals surface area (Å²) < 4.78 is 0.0959. The van der Waals surface area contributed by atoms with Gasteiger partial charge in [-0.1, -0.05) is 92.9 Å². The van der Waals surface area contributed by atoms with Crippen LogP contribution in [0.25, 0.3) is 0 Å². The van der Waals surface area contributed by atoms with Gasteiger partial charge in [-0.05, 0) is 74.0 Å². The van der Waals surface area contributed by atoms with Gasteiger partial charge in [0.15, 0.2) is 0 Å². The van der Waals surface area contributed by atoms with Gasteiger partial charge in [-0.25, -0.2) is 0 Å². The predicted molar refractivity (Wildman–Crippen MR) is 146 cm³/mol. The van der Waals surface area contributed by atoms with Crippen LogP contribution in [0.5, 0.6) is 0 Å². The minimum absolute atomic E-state index is 0.0959. The Hall–Kier alpha value is 2.10. The van der Waals surface area contributed by atoms with Crippen molar-refractivity contribution in [2.45, 2.75) is 162 Å². The molecule has 0 heterocycles. The first-order valence-corrected chi connectivity index (χ1v) is 19.2. The second-order valence-corrected chi connectivity index (χ2v) is 18.6. The predicted octanol–water partition coefficient (Wildman–Crippen LogP) is 11.1. The van der Waals surface area contributed by atoms with Crippen LogP contribution in [-0.2, 0) is 18.2 Å². The van der Waals surface area contributed by atoms with E-state index in [1.807, 2.05) is 0 Å². The van der Waals surface area contributed by atoms with Gasteiger partial charge >= 0.3 is 27.7 Å². The maximum absolute atomic E-state index is 8.18. The molecule has 0 aliphatic heterocycles. The first kappa shape index (κ1) is 28.7. The van der Waals surface area contributed by atoms with Crippen molar-refractivity contribution in [3.05, 3.63) is 6.92 Å². The Morgan fingerprint density at radius 1 is 0.531 bits per heavy atom. The SMILES string of the molecule is [CH2-]CC(Cl)(P(C1CCCCC1)C1CCCCC1)P(C1CCCCC1)C1CCCCC1.[Cl][Pd+]. The van der Waals surface area contributed by atoms with E-state index in [1.54, 1.807) is 0 Å². The van der Waals surface area contributed by atoms with Crippen molar-refractivity contribution in [1.29, 1.82) is 0 Å². The molecule has 0 saturated heterocycles. The number of hydrogen-bond donors (Lipinski definition) is 0. The van der Waals surface area contributed by atoms with E-state index in [2.05, 4.69) is 34.6 Å². The Bertz CT molecular complexity index is 420. The van der Waals surface area contributed by atoms with Gasteiger partial charge in [-0.2, -0.15) is 6.42 Å². The molecule has 0 aromatic heterocycles. The number of halogens is 2. The Balaban J connectivity index is 0.00000141. The number of alkyl halides is 1. The van der Waals surface area contributed by atoms with Crippen LogP contribution in [0.2, 0.25) is 0 Å². The quantitative estimate of drug-likeness (QED) is 0.116. The molecule has 0 amide bonds. The average molecular weight is 612 g/mol. The number of hydrogen-bond acceptors (Lipinski definition) is 0. The Kier molecular flexibility index (Phi) is 13.8. The standard InChI is InChI=1S/C27H48ClP2.ClH.Pd/c1-2-27(28,29(23-15-7-3-8-16-23)24-17-9-4-10-18-24)30(25-19-11-5-12-20-25)26-21-13-6-14-22-26;;/h23-26H,1-22H2;1H;/q-1;;+2/p-1. The summed E-state index contributed by atoms with van der Waals surface area (Å²) in [6.07, 6.45) is 30.7. The summed E-state index contributed by atoms with van der Waals surface area (Å²) in [4.78, 5) is 0. The van der Waals surface area contributed by atoms with Crippen molar-refractivity contribution < 1.29 is 18.2 Å². The molecule has 0 atom stereocenters. The molecular formula is C27H48Cl2P2Pd. The molecule has 0 bridgehead atoms. The molecule has 0 unspecified atom stereocenters. The summed E-state index contributed by atoms with van der Waals surface area (Å²) in [5.74, 6) is 0. The van der Waals surface area contributed by atoms with E-state index < -0.39 is 0 Å². The van der Waals surface area contributed by atoms with Crippen molar-refractivity contribution in [1.82, 2.24) is 0 Å². The number of rotatable bonds is 7. The summed E-state index contributed by atoms with van der Waals surface area (Å²) in [5, 5.41) is 0. The fraction of sp³-hybridized carbons (Fsp3) is 0.963. The minimum atomic E-state index is -0.0998. The van der Waals surface area contributed by atoms with Gasteiger partial charge in [-0.3, -0.25) is 0 Å². The van der Waals surface area contributed by atoms with Gasteiger partial charge in [0.05, 0.1) is 4.36 Å². The zero-order valence-corrected chi connectivity index (χ0v) is 25.2. The third kappa shape index (κ3) is 7.33. The van der Waals surface area contributed by atoms with Gasteiger partial charge in [0.2, 0.25) is 0 Å². The van der Waals surface area contributed by atoms with Crippen LogP contribution in [0.3, 0.4) is 0 Å². The summed E-state index contributed by atoms with van der Waals surface area (Å²) in [6, 6.07) is 0. The molecule has 0 radical (unpaired) electrons. The fourth-order valence-electron chi connectivity index (χ4n) is 7.54. The van der Waals surface area contributed by atoms with E-state index >= 15 is 0 Å². The van der Waals surface area contributed by atoms with Crippen LogP contribution in [0, 0.1) is 6.92 Å². The zero-order valence-electron chi connectivity index (χ0n) is 20.3. The van der Waals surface area contributed by atoms with Crippen molar-refractivity contribution >= 4 is 37.0 Å². The summed E-state index contributed by atoms with van der Waals surface area (Å²) >= 11 is 10.4. The van der Waals surface area contributed by atoms with E-state index in [0.29, 0.717) is 0 Å². The molecule has 0 N–H and O–H groups in total. The molecule has 4 fully saturated rings. The second kappa shape index (κ2) is 15.4. The van der Waals surface area contributed by atoms with E-state index in [1.165, 1.54) is 128 Å². The topological polar surface area (TPSA) is 0 Å². The van der Waals surface area contributed by atoms with Gasteiger partial charge < -0.3 is 6.92 Å². The van der Waals surface area contributed by atoms with Crippen molar-refractivity contribution in [3.63, 3.8) is 0 Å². The average Bonchev–Trinajstić information content (AvgIpc) is 2.88. The van der Waals surface area contributed by atoms with E-state index in [4.69, 9.17) is 11.6 Å². The molecule has 0 nitrogen and oxygen atoms in total. The van der Waals surface area contributed by atoms with Gasteiger partial charge in [0.1, 0.15) is 0 Å². The molecule has 0 aromatic rings. The monoisotopic (exact) mass is 610 g/mol. The van der Waals surface area contributed by atoms with Crippen LogP contribution >= 0.6 is 37.0 Å². The molecule has 4 aliphatic carbocycles. The van der Waals surface area contributed by atoms with Gasteiger partial charge in [0, 0.05) is 0 Å². The van der Waals surface area contributed by atoms with Crippen LogP contribution < -0.4 is 0 Å². The summed E-state index contributed by atoms with van der Waals surface area (Å²) in [6.45, 7) is 4.68. The van der Waals surface area contributed by atoms with Gasteiger partial charge in [-0.15, -0.1) is 11.6 Å². The molecule has 4 saturated carbocycles. The summed E-state index contributed by atoms with van der Waals surface area (Å²) in [7, 11) is 4.29. The molecule has 190 valence electrons. The van der Waals surface area contributed by atoms with E-state index in [-0.39, 0.29) is 20.2 Å². The fourth-order valence-corrected chi connectivity index (χ4v) is 19.9. The first-order valence-electron chi connectivity index (χ1n) is 13.9. The van der Waals surface area contributed by atoms with E-state index in [9.17, 15) is 0 Å². The molecule has 0 spiro atoms. The van der Waals surface area contributed by atoms with Gasteiger partial charge in [0.25, 0.3) is 0 Å². The van der Waals surface area contributed by atoms with Crippen LogP contribution in [-0.4, -0.2) is 27.0 Å². The molecule has 32 heavy (non-hydrogen) atoms. The molecule has 0 aromatic carbocycles. The normalized spacial score (nSPS) is 25.7. The second-order valence-electron chi connectivity index (χ2n) is 11.0. The Morgan fingerprint density at radius 2 is 0.750 bits per heavy atom. The Labute approximate surface area is 222 Å². The maximum atomic E-state index is 8.18. The molecule has 4 aliphatic rings.